The maximum atomic E-state index is 12.0. The first-order valence-corrected chi connectivity index (χ1v) is 8.02. The molecule has 1 rings (SSSR count). The number of sulfonamides is 1. The number of carboxylic acids is 1. The van der Waals surface area contributed by atoms with Crippen molar-refractivity contribution in [3.8, 4) is 0 Å². The van der Waals surface area contributed by atoms with Crippen LogP contribution in [-0.2, 0) is 10.0 Å². The quantitative estimate of drug-likeness (QED) is 0.698. The maximum Gasteiger partial charge on any atom is 0.346 e. The number of hydrogen-bond donors (Lipinski definition) is 3. The van der Waals surface area contributed by atoms with E-state index in [2.05, 4.69) is 4.72 Å². The van der Waals surface area contributed by atoms with Gasteiger partial charge in [0.2, 0.25) is 10.0 Å². The van der Waals surface area contributed by atoms with Gasteiger partial charge in [-0.15, -0.1) is 11.3 Å². The van der Waals surface area contributed by atoms with Crippen molar-refractivity contribution in [2.24, 2.45) is 5.92 Å². The van der Waals surface area contributed by atoms with E-state index in [-0.39, 0.29) is 28.2 Å². The summed E-state index contributed by atoms with van der Waals surface area (Å²) >= 11 is 0.740. The second-order valence-electron chi connectivity index (χ2n) is 4.35. The van der Waals surface area contributed by atoms with Crippen LogP contribution in [0.15, 0.2) is 10.3 Å². The Morgan fingerprint density at radius 2 is 2.16 bits per heavy atom. The normalized spacial score (nSPS) is 13.4. The first kappa shape index (κ1) is 16.1. The molecule has 19 heavy (non-hydrogen) atoms. The Hall–Kier alpha value is -0.960. The molecule has 0 amide bonds. The lowest BCUT2D eigenvalue weighted by molar-refractivity contribution is 0.0701. The summed E-state index contributed by atoms with van der Waals surface area (Å²) in [5.74, 6) is -1.11. The Morgan fingerprint density at radius 1 is 1.53 bits per heavy atom. The van der Waals surface area contributed by atoms with Crippen molar-refractivity contribution in [1.29, 1.82) is 0 Å². The minimum atomic E-state index is -3.69. The summed E-state index contributed by atoms with van der Waals surface area (Å²) < 4.78 is 26.4. The molecule has 0 radical (unpaired) electrons. The first-order valence-electron chi connectivity index (χ1n) is 5.72. The lowest BCUT2D eigenvalue weighted by Crippen LogP contribution is -2.28. The molecule has 1 aromatic rings. The van der Waals surface area contributed by atoms with Gasteiger partial charge in [-0.3, -0.25) is 0 Å². The number of aliphatic hydroxyl groups excluding tert-OH is 1. The zero-order valence-electron chi connectivity index (χ0n) is 10.7. The van der Waals surface area contributed by atoms with Crippen LogP contribution in [0.1, 0.15) is 28.6 Å². The van der Waals surface area contributed by atoms with Crippen molar-refractivity contribution in [2.75, 3.05) is 13.2 Å². The average molecular weight is 307 g/mol. The number of aromatic carboxylic acids is 1. The summed E-state index contributed by atoms with van der Waals surface area (Å²) in [5, 5.41) is 17.6. The predicted octanol–water partition coefficient (Wildman–Crippen LogP) is 1.05. The van der Waals surface area contributed by atoms with Gasteiger partial charge in [-0.25, -0.2) is 17.9 Å². The van der Waals surface area contributed by atoms with Crippen molar-refractivity contribution < 1.29 is 23.4 Å². The number of thiophene rings is 1. The third kappa shape index (κ3) is 4.27. The van der Waals surface area contributed by atoms with E-state index in [1.54, 1.807) is 6.92 Å². The molecule has 1 heterocycles. The summed E-state index contributed by atoms with van der Waals surface area (Å²) in [7, 11) is -3.69. The van der Waals surface area contributed by atoms with E-state index in [1.807, 2.05) is 6.92 Å². The van der Waals surface area contributed by atoms with Crippen molar-refractivity contribution in [2.45, 2.75) is 24.5 Å². The Morgan fingerprint density at radius 3 is 2.63 bits per heavy atom. The summed E-state index contributed by atoms with van der Waals surface area (Å²) in [6, 6.07) is 1.35. The number of carbonyl (C=O) groups is 1. The van der Waals surface area contributed by atoms with Crippen molar-refractivity contribution >= 4 is 27.3 Å². The molecule has 0 fully saturated rings. The molecule has 0 spiro atoms. The van der Waals surface area contributed by atoms with Crippen LogP contribution in [0.3, 0.4) is 0 Å². The van der Waals surface area contributed by atoms with Crippen LogP contribution in [0.5, 0.6) is 0 Å². The number of rotatable bonds is 7. The molecule has 0 saturated heterocycles. The van der Waals surface area contributed by atoms with Gasteiger partial charge in [0.15, 0.2) is 0 Å². The summed E-state index contributed by atoms with van der Waals surface area (Å²) in [5.41, 5.74) is 0.432. The van der Waals surface area contributed by atoms with Crippen LogP contribution in [0, 0.1) is 12.8 Å². The molecule has 6 nitrogen and oxygen atoms in total. The third-order valence-electron chi connectivity index (χ3n) is 2.60. The molecule has 1 aromatic heterocycles. The van der Waals surface area contributed by atoms with Crippen molar-refractivity contribution in [3.05, 3.63) is 16.5 Å². The maximum absolute atomic E-state index is 12.0. The number of aryl methyl sites for hydroxylation is 1. The van der Waals surface area contributed by atoms with Gasteiger partial charge in [-0.1, -0.05) is 6.92 Å². The number of aliphatic hydroxyl groups is 1. The molecule has 0 bridgehead atoms. The lowest BCUT2D eigenvalue weighted by Gasteiger charge is -2.10. The van der Waals surface area contributed by atoms with Crippen LogP contribution < -0.4 is 4.72 Å². The van der Waals surface area contributed by atoms with Crippen LogP contribution >= 0.6 is 11.3 Å². The number of hydrogen-bond acceptors (Lipinski definition) is 5. The van der Waals surface area contributed by atoms with Gasteiger partial charge < -0.3 is 10.2 Å². The molecule has 0 saturated carbocycles. The Kier molecular flexibility index (Phi) is 5.48. The first-order chi connectivity index (χ1) is 8.77. The molecule has 1 atom stereocenters. The highest BCUT2D eigenvalue weighted by Crippen LogP contribution is 2.25. The fraction of sp³-hybridized carbons (Fsp3) is 0.545. The highest BCUT2D eigenvalue weighted by Gasteiger charge is 2.21. The van der Waals surface area contributed by atoms with E-state index >= 15 is 0 Å². The number of carboxylic acid groups (broad SMARTS) is 1. The smallest absolute Gasteiger partial charge is 0.346 e. The Labute approximate surface area is 116 Å². The standard InChI is InChI=1S/C11H17NO5S2/c1-7(3-4-13)6-12-19(16,17)9-5-8(2)10(18-9)11(14)15/h5,7,12-13H,3-4,6H2,1-2H3,(H,14,15). The molecule has 3 N–H and O–H groups in total. The highest BCUT2D eigenvalue weighted by atomic mass is 32.2. The molecule has 8 heteroatoms. The minimum absolute atomic E-state index is 0.00130. The van der Waals surface area contributed by atoms with E-state index < -0.39 is 16.0 Å². The van der Waals surface area contributed by atoms with E-state index in [0.717, 1.165) is 11.3 Å². The fourth-order valence-electron chi connectivity index (χ4n) is 1.44. The SMILES string of the molecule is Cc1cc(S(=O)(=O)NCC(C)CCO)sc1C(=O)O. The Bertz CT molecular complexity index is 549. The van der Waals surface area contributed by atoms with Gasteiger partial charge in [0.25, 0.3) is 0 Å². The molecule has 0 aromatic carbocycles. The van der Waals surface area contributed by atoms with E-state index in [0.29, 0.717) is 12.0 Å². The van der Waals surface area contributed by atoms with Crippen LogP contribution in [0.4, 0.5) is 0 Å². The van der Waals surface area contributed by atoms with Crippen molar-refractivity contribution in [3.63, 3.8) is 0 Å². The van der Waals surface area contributed by atoms with Gasteiger partial charge in [0.05, 0.1) is 0 Å². The summed E-state index contributed by atoms with van der Waals surface area (Å²) in [6.45, 7) is 3.60. The second kappa shape index (κ2) is 6.47. The Balaban J connectivity index is 2.83. The van der Waals surface area contributed by atoms with Crippen LogP contribution in [0.25, 0.3) is 0 Å². The van der Waals surface area contributed by atoms with Gasteiger partial charge in [0, 0.05) is 13.2 Å². The number of nitrogens with one attached hydrogen (secondary N) is 1. The van der Waals surface area contributed by atoms with Crippen LogP contribution in [-0.4, -0.2) is 37.8 Å². The van der Waals surface area contributed by atoms with E-state index in [1.165, 1.54) is 6.07 Å². The summed E-state index contributed by atoms with van der Waals surface area (Å²) in [4.78, 5) is 10.9. The van der Waals surface area contributed by atoms with Gasteiger partial charge in [-0.2, -0.15) is 0 Å². The van der Waals surface area contributed by atoms with Crippen molar-refractivity contribution in [1.82, 2.24) is 4.72 Å². The highest BCUT2D eigenvalue weighted by molar-refractivity contribution is 7.91. The zero-order valence-corrected chi connectivity index (χ0v) is 12.3. The average Bonchev–Trinajstić information content (AvgIpc) is 2.70. The lowest BCUT2D eigenvalue weighted by atomic mass is 10.1. The summed E-state index contributed by atoms with van der Waals surface area (Å²) in [6.07, 6.45) is 0.506. The van der Waals surface area contributed by atoms with E-state index in [4.69, 9.17) is 10.2 Å². The third-order valence-corrected chi connectivity index (χ3v) is 5.72. The largest absolute Gasteiger partial charge is 0.477 e. The molecule has 1 unspecified atom stereocenters. The van der Waals surface area contributed by atoms with Crippen LogP contribution in [0.2, 0.25) is 0 Å². The second-order valence-corrected chi connectivity index (χ2v) is 7.40. The molecule has 0 aliphatic rings. The molecule has 108 valence electrons. The predicted molar refractivity (Wildman–Crippen MR) is 72.1 cm³/mol. The molecule has 0 aliphatic heterocycles. The molecular formula is C11H17NO5S2. The molecular weight excluding hydrogens is 290 g/mol. The monoisotopic (exact) mass is 307 g/mol. The zero-order chi connectivity index (χ0) is 14.6. The van der Waals surface area contributed by atoms with Gasteiger partial charge in [-0.05, 0) is 30.9 Å². The van der Waals surface area contributed by atoms with Gasteiger partial charge >= 0.3 is 5.97 Å². The molecule has 0 aliphatic carbocycles. The fourth-order valence-corrected chi connectivity index (χ4v) is 4.03. The van der Waals surface area contributed by atoms with Gasteiger partial charge in [0.1, 0.15) is 9.09 Å². The van der Waals surface area contributed by atoms with E-state index in [9.17, 15) is 13.2 Å². The topological polar surface area (TPSA) is 104 Å². The minimum Gasteiger partial charge on any atom is -0.477 e.